The molecular weight excluding hydrogens is 320 g/mol. The number of nitrogen functional groups attached to an aromatic ring is 1. The van der Waals surface area contributed by atoms with Crippen molar-refractivity contribution in [1.29, 1.82) is 0 Å². The number of anilines is 1. The van der Waals surface area contributed by atoms with Crippen LogP contribution in [0.1, 0.15) is 30.0 Å². The molecule has 0 aliphatic carbocycles. The summed E-state index contributed by atoms with van der Waals surface area (Å²) in [5.41, 5.74) is 6.70. The molecule has 3 rings (SSSR count). The van der Waals surface area contributed by atoms with Crippen LogP contribution >= 0.6 is 0 Å². The number of nitrogens with zero attached hydrogens (tertiary/aromatic N) is 2. The first kappa shape index (κ1) is 17.2. The fourth-order valence-electron chi connectivity index (χ4n) is 3.07. The van der Waals surface area contributed by atoms with E-state index in [1.54, 1.807) is 11.8 Å². The highest BCUT2D eigenvalue weighted by Crippen LogP contribution is 2.25. The van der Waals surface area contributed by atoms with Crippen molar-refractivity contribution in [3.63, 3.8) is 0 Å². The molecule has 0 radical (unpaired) electrons. The van der Waals surface area contributed by atoms with Gasteiger partial charge in [-0.2, -0.15) is 0 Å². The second-order valence-electron chi connectivity index (χ2n) is 6.34. The van der Waals surface area contributed by atoms with Crippen LogP contribution in [0.5, 0.6) is 0 Å². The molecule has 7 nitrogen and oxygen atoms in total. The SMILES string of the molecule is Cc1nc(N)c(CC(=O)N2CC(C)OC(c3ccccc3)C2)c(=O)[nH]1. The van der Waals surface area contributed by atoms with Crippen molar-refractivity contribution in [3.05, 3.63) is 57.6 Å². The zero-order valence-electron chi connectivity index (χ0n) is 14.4. The fourth-order valence-corrected chi connectivity index (χ4v) is 3.07. The van der Waals surface area contributed by atoms with Gasteiger partial charge < -0.3 is 20.4 Å². The van der Waals surface area contributed by atoms with Crippen molar-refractivity contribution in [3.8, 4) is 0 Å². The first-order valence-electron chi connectivity index (χ1n) is 8.27. The molecule has 1 amide bonds. The maximum Gasteiger partial charge on any atom is 0.256 e. The summed E-state index contributed by atoms with van der Waals surface area (Å²) in [5.74, 6) is 0.386. The number of rotatable bonds is 3. The van der Waals surface area contributed by atoms with Crippen LogP contribution in [-0.4, -0.2) is 40.0 Å². The lowest BCUT2D eigenvalue weighted by Crippen LogP contribution is -2.47. The summed E-state index contributed by atoms with van der Waals surface area (Å²) in [6, 6.07) is 9.80. The third kappa shape index (κ3) is 3.88. The van der Waals surface area contributed by atoms with E-state index in [0.29, 0.717) is 18.9 Å². The standard InChI is InChI=1S/C18H22N4O3/c1-11-9-22(10-15(25-11)13-6-4-3-5-7-13)16(23)8-14-17(19)20-12(2)21-18(14)24/h3-7,11,15H,8-10H2,1-2H3,(H3,19,20,21,24). The minimum absolute atomic E-state index is 0.0668. The molecule has 1 aromatic carbocycles. The molecule has 1 saturated heterocycles. The van der Waals surface area contributed by atoms with Crippen molar-refractivity contribution >= 4 is 11.7 Å². The van der Waals surface area contributed by atoms with Gasteiger partial charge in [0.2, 0.25) is 5.91 Å². The van der Waals surface area contributed by atoms with Gasteiger partial charge >= 0.3 is 0 Å². The summed E-state index contributed by atoms with van der Waals surface area (Å²) in [5, 5.41) is 0. The molecule has 1 fully saturated rings. The van der Waals surface area contributed by atoms with Crippen LogP contribution in [-0.2, 0) is 16.0 Å². The van der Waals surface area contributed by atoms with Crippen LogP contribution in [0.25, 0.3) is 0 Å². The van der Waals surface area contributed by atoms with E-state index in [-0.39, 0.29) is 41.5 Å². The largest absolute Gasteiger partial charge is 0.383 e. The topological polar surface area (TPSA) is 101 Å². The Bertz CT molecular complexity index is 819. The van der Waals surface area contributed by atoms with Gasteiger partial charge in [0.15, 0.2) is 0 Å². The Morgan fingerprint density at radius 3 is 2.76 bits per heavy atom. The molecule has 0 spiro atoms. The monoisotopic (exact) mass is 342 g/mol. The average Bonchev–Trinajstić information content (AvgIpc) is 2.58. The molecule has 1 aromatic heterocycles. The van der Waals surface area contributed by atoms with E-state index in [1.807, 2.05) is 37.3 Å². The van der Waals surface area contributed by atoms with Gasteiger partial charge in [-0.05, 0) is 19.4 Å². The Labute approximate surface area is 145 Å². The maximum absolute atomic E-state index is 12.7. The van der Waals surface area contributed by atoms with Gasteiger partial charge in [-0.15, -0.1) is 0 Å². The Kier molecular flexibility index (Phi) is 4.85. The first-order valence-corrected chi connectivity index (χ1v) is 8.27. The summed E-state index contributed by atoms with van der Waals surface area (Å²) >= 11 is 0. The van der Waals surface area contributed by atoms with Crippen molar-refractivity contribution in [2.45, 2.75) is 32.5 Å². The number of ether oxygens (including phenoxy) is 1. The number of morpholine rings is 1. The van der Waals surface area contributed by atoms with E-state index in [2.05, 4.69) is 9.97 Å². The molecular formula is C18H22N4O3. The molecule has 1 aliphatic heterocycles. The van der Waals surface area contributed by atoms with Crippen LogP contribution in [0.3, 0.4) is 0 Å². The molecule has 2 atom stereocenters. The van der Waals surface area contributed by atoms with Crippen molar-refractivity contribution in [2.75, 3.05) is 18.8 Å². The van der Waals surface area contributed by atoms with Gasteiger partial charge in [0.1, 0.15) is 17.7 Å². The zero-order valence-corrected chi connectivity index (χ0v) is 14.4. The number of carbonyl (C=O) groups excluding carboxylic acids is 1. The number of nitrogens with one attached hydrogen (secondary N) is 1. The summed E-state index contributed by atoms with van der Waals surface area (Å²) in [4.78, 5) is 33.1. The number of H-pyrrole nitrogens is 1. The van der Waals surface area contributed by atoms with Crippen molar-refractivity contribution in [2.24, 2.45) is 0 Å². The molecule has 7 heteroatoms. The van der Waals surface area contributed by atoms with Gasteiger partial charge in [0.25, 0.3) is 5.56 Å². The summed E-state index contributed by atoms with van der Waals surface area (Å²) in [7, 11) is 0. The Hall–Kier alpha value is -2.67. The van der Waals surface area contributed by atoms with Crippen LogP contribution in [0.2, 0.25) is 0 Å². The van der Waals surface area contributed by atoms with E-state index in [1.165, 1.54) is 0 Å². The van der Waals surface area contributed by atoms with Gasteiger partial charge in [-0.1, -0.05) is 30.3 Å². The van der Waals surface area contributed by atoms with Crippen LogP contribution in [0.15, 0.2) is 35.1 Å². The minimum atomic E-state index is -0.362. The lowest BCUT2D eigenvalue weighted by atomic mass is 10.1. The number of aromatic nitrogens is 2. The van der Waals surface area contributed by atoms with Gasteiger partial charge in [0.05, 0.1) is 24.6 Å². The number of carbonyl (C=O) groups is 1. The van der Waals surface area contributed by atoms with Crippen LogP contribution in [0.4, 0.5) is 5.82 Å². The zero-order chi connectivity index (χ0) is 18.0. The Morgan fingerprint density at radius 1 is 1.36 bits per heavy atom. The lowest BCUT2D eigenvalue weighted by molar-refractivity contribution is -0.144. The third-order valence-corrected chi connectivity index (χ3v) is 4.28. The Morgan fingerprint density at radius 2 is 2.08 bits per heavy atom. The van der Waals surface area contributed by atoms with Gasteiger partial charge in [0, 0.05) is 6.54 Å². The number of nitrogens with two attached hydrogens (primary N) is 1. The summed E-state index contributed by atoms with van der Waals surface area (Å²) < 4.78 is 5.97. The van der Waals surface area contributed by atoms with E-state index in [4.69, 9.17) is 10.5 Å². The summed E-state index contributed by atoms with van der Waals surface area (Å²) in [6.45, 7) is 4.52. The second kappa shape index (κ2) is 7.06. The summed E-state index contributed by atoms with van der Waals surface area (Å²) in [6.07, 6.45) is -0.335. The number of amides is 1. The number of hydrogen-bond donors (Lipinski definition) is 2. The highest BCUT2D eigenvalue weighted by molar-refractivity contribution is 5.80. The fraction of sp³-hybridized carbons (Fsp3) is 0.389. The predicted molar refractivity (Wildman–Crippen MR) is 94.0 cm³/mol. The molecule has 0 bridgehead atoms. The third-order valence-electron chi connectivity index (χ3n) is 4.28. The number of aryl methyl sites for hydroxylation is 1. The number of aromatic amines is 1. The van der Waals surface area contributed by atoms with Crippen molar-refractivity contribution < 1.29 is 9.53 Å². The minimum Gasteiger partial charge on any atom is -0.383 e. The maximum atomic E-state index is 12.7. The lowest BCUT2D eigenvalue weighted by Gasteiger charge is -2.37. The Balaban J connectivity index is 1.77. The quantitative estimate of drug-likeness (QED) is 0.872. The molecule has 0 saturated carbocycles. The highest BCUT2D eigenvalue weighted by Gasteiger charge is 2.30. The molecule has 3 N–H and O–H groups in total. The molecule has 2 heterocycles. The predicted octanol–water partition coefficient (Wildman–Crippen LogP) is 1.19. The number of hydrogen-bond acceptors (Lipinski definition) is 5. The second-order valence-corrected chi connectivity index (χ2v) is 6.34. The number of benzene rings is 1. The molecule has 25 heavy (non-hydrogen) atoms. The van der Waals surface area contributed by atoms with Crippen molar-refractivity contribution in [1.82, 2.24) is 14.9 Å². The van der Waals surface area contributed by atoms with Gasteiger partial charge in [-0.25, -0.2) is 4.98 Å². The van der Waals surface area contributed by atoms with E-state index in [9.17, 15) is 9.59 Å². The first-order chi connectivity index (χ1) is 11.9. The van der Waals surface area contributed by atoms with Gasteiger partial charge in [-0.3, -0.25) is 9.59 Å². The molecule has 2 unspecified atom stereocenters. The normalized spacial score (nSPS) is 20.5. The average molecular weight is 342 g/mol. The highest BCUT2D eigenvalue weighted by atomic mass is 16.5. The molecule has 132 valence electrons. The van der Waals surface area contributed by atoms with E-state index in [0.717, 1.165) is 5.56 Å². The molecule has 2 aromatic rings. The van der Waals surface area contributed by atoms with E-state index >= 15 is 0 Å². The van der Waals surface area contributed by atoms with E-state index < -0.39 is 0 Å². The smallest absolute Gasteiger partial charge is 0.256 e. The molecule has 1 aliphatic rings. The van der Waals surface area contributed by atoms with Crippen LogP contribution in [0, 0.1) is 6.92 Å². The van der Waals surface area contributed by atoms with Crippen LogP contribution < -0.4 is 11.3 Å².